The van der Waals surface area contributed by atoms with Crippen molar-refractivity contribution >= 4 is 33.5 Å². The monoisotopic (exact) mass is 472 g/mol. The van der Waals surface area contributed by atoms with Crippen molar-refractivity contribution in [1.82, 2.24) is 9.21 Å². The standard InChI is InChI=1S/C21H29ClN2O6S/c1-14-11-23(12-15(2)29-14)20(25)16(3)30-21(26)17-5-4-10-24(13-17)31(27,28)19-8-6-18(22)7-9-19/h6-9,14-17H,4-5,10-13H2,1-3H3. The SMILES string of the molecule is CC1CN(C(=O)C(C)OC(=O)C2CCCN(S(=O)(=O)c3ccc(Cl)cc3)C2)CC(C)O1. The molecule has 0 bridgehead atoms. The van der Waals surface area contributed by atoms with E-state index in [1.807, 2.05) is 13.8 Å². The fourth-order valence-electron chi connectivity index (χ4n) is 4.04. The molecule has 0 aliphatic carbocycles. The van der Waals surface area contributed by atoms with E-state index in [0.717, 1.165) is 0 Å². The molecule has 0 saturated carbocycles. The molecule has 1 aromatic rings. The third-order valence-electron chi connectivity index (χ3n) is 5.54. The van der Waals surface area contributed by atoms with E-state index in [1.54, 1.807) is 11.8 Å². The van der Waals surface area contributed by atoms with Crippen molar-refractivity contribution < 1.29 is 27.5 Å². The van der Waals surface area contributed by atoms with Crippen molar-refractivity contribution in [3.63, 3.8) is 0 Å². The normalized spacial score (nSPS) is 26.3. The summed E-state index contributed by atoms with van der Waals surface area (Å²) in [7, 11) is -3.74. The number of piperidine rings is 1. The van der Waals surface area contributed by atoms with Gasteiger partial charge in [-0.1, -0.05) is 11.6 Å². The molecule has 1 aromatic carbocycles. The van der Waals surface area contributed by atoms with Crippen molar-refractivity contribution in [1.29, 1.82) is 0 Å². The van der Waals surface area contributed by atoms with Gasteiger partial charge in [0.1, 0.15) is 0 Å². The number of ether oxygens (including phenoxy) is 2. The van der Waals surface area contributed by atoms with Crippen molar-refractivity contribution in [2.75, 3.05) is 26.2 Å². The molecule has 2 aliphatic heterocycles. The molecule has 2 fully saturated rings. The predicted molar refractivity (Wildman–Crippen MR) is 115 cm³/mol. The number of nitrogens with zero attached hydrogens (tertiary/aromatic N) is 2. The molecule has 10 heteroatoms. The zero-order chi connectivity index (χ0) is 22.8. The first kappa shape index (κ1) is 24.0. The Balaban J connectivity index is 1.61. The lowest BCUT2D eigenvalue weighted by Crippen LogP contribution is -2.52. The lowest BCUT2D eigenvalue weighted by atomic mass is 10.00. The molecule has 2 aliphatic rings. The molecule has 8 nitrogen and oxygen atoms in total. The first-order valence-corrected chi connectivity index (χ1v) is 12.3. The molecular weight excluding hydrogens is 444 g/mol. The van der Waals surface area contributed by atoms with Crippen molar-refractivity contribution in [2.24, 2.45) is 5.92 Å². The van der Waals surface area contributed by atoms with E-state index in [1.165, 1.54) is 28.6 Å². The summed E-state index contributed by atoms with van der Waals surface area (Å²) in [5, 5.41) is 0.446. The largest absolute Gasteiger partial charge is 0.452 e. The van der Waals surface area contributed by atoms with Gasteiger partial charge in [0.15, 0.2) is 6.10 Å². The Morgan fingerprint density at radius 1 is 1.13 bits per heavy atom. The van der Waals surface area contributed by atoms with Crippen LogP contribution in [0, 0.1) is 5.92 Å². The van der Waals surface area contributed by atoms with Crippen LogP contribution in [-0.2, 0) is 29.1 Å². The van der Waals surface area contributed by atoms with Gasteiger partial charge in [0.25, 0.3) is 5.91 Å². The second-order valence-corrected chi connectivity index (χ2v) is 10.6. The van der Waals surface area contributed by atoms with E-state index in [2.05, 4.69) is 0 Å². The molecule has 1 amide bonds. The van der Waals surface area contributed by atoms with Crippen LogP contribution in [-0.4, -0.2) is 74.0 Å². The lowest BCUT2D eigenvalue weighted by molar-refractivity contribution is -0.167. The van der Waals surface area contributed by atoms with Crippen LogP contribution in [0.2, 0.25) is 5.02 Å². The Hall–Kier alpha value is -1.68. The van der Waals surface area contributed by atoms with Gasteiger partial charge < -0.3 is 14.4 Å². The zero-order valence-electron chi connectivity index (χ0n) is 18.0. The molecule has 4 atom stereocenters. The molecule has 31 heavy (non-hydrogen) atoms. The molecular formula is C21H29ClN2O6S. The van der Waals surface area contributed by atoms with Gasteiger partial charge in [0, 0.05) is 31.2 Å². The minimum atomic E-state index is -3.74. The number of rotatable bonds is 5. The van der Waals surface area contributed by atoms with Crippen LogP contribution in [0.15, 0.2) is 29.2 Å². The van der Waals surface area contributed by atoms with Gasteiger partial charge in [0.05, 0.1) is 23.0 Å². The van der Waals surface area contributed by atoms with Crippen molar-refractivity contribution in [3.05, 3.63) is 29.3 Å². The minimum Gasteiger partial charge on any atom is -0.452 e. The fourth-order valence-corrected chi connectivity index (χ4v) is 5.69. The highest BCUT2D eigenvalue weighted by molar-refractivity contribution is 7.89. The molecule has 2 heterocycles. The first-order valence-electron chi connectivity index (χ1n) is 10.5. The quantitative estimate of drug-likeness (QED) is 0.610. The summed E-state index contributed by atoms with van der Waals surface area (Å²) in [6, 6.07) is 5.94. The van der Waals surface area contributed by atoms with Gasteiger partial charge in [-0.25, -0.2) is 8.42 Å². The summed E-state index contributed by atoms with van der Waals surface area (Å²) in [6.45, 7) is 6.58. The summed E-state index contributed by atoms with van der Waals surface area (Å²) in [6.07, 6.45) is -0.0554. The maximum absolute atomic E-state index is 12.9. The third kappa shape index (κ3) is 5.77. The highest BCUT2D eigenvalue weighted by Gasteiger charge is 2.36. The Morgan fingerprint density at radius 2 is 1.74 bits per heavy atom. The maximum Gasteiger partial charge on any atom is 0.311 e. The number of amides is 1. The number of esters is 1. The summed E-state index contributed by atoms with van der Waals surface area (Å²) in [5.41, 5.74) is 0. The fraction of sp³-hybridized carbons (Fsp3) is 0.619. The van der Waals surface area contributed by atoms with E-state index in [9.17, 15) is 18.0 Å². The van der Waals surface area contributed by atoms with Crippen LogP contribution in [0.4, 0.5) is 0 Å². The number of hydrogen-bond donors (Lipinski definition) is 0. The second kappa shape index (κ2) is 9.85. The summed E-state index contributed by atoms with van der Waals surface area (Å²) in [4.78, 5) is 27.2. The van der Waals surface area contributed by atoms with Crippen molar-refractivity contribution in [3.8, 4) is 0 Å². The molecule has 3 rings (SSSR count). The van der Waals surface area contributed by atoms with Gasteiger partial charge in [-0.05, 0) is 57.9 Å². The van der Waals surface area contributed by atoms with Gasteiger partial charge in [-0.2, -0.15) is 4.31 Å². The predicted octanol–water partition coefficient (Wildman–Crippen LogP) is 2.31. The van der Waals surface area contributed by atoms with Crippen LogP contribution >= 0.6 is 11.6 Å². The topological polar surface area (TPSA) is 93.2 Å². The lowest BCUT2D eigenvalue weighted by Gasteiger charge is -2.36. The third-order valence-corrected chi connectivity index (χ3v) is 7.67. The molecule has 0 aromatic heterocycles. The molecule has 2 saturated heterocycles. The Kier molecular flexibility index (Phi) is 7.62. The first-order chi connectivity index (χ1) is 14.6. The maximum atomic E-state index is 12.9. The number of halogens is 1. The summed E-state index contributed by atoms with van der Waals surface area (Å²) < 4.78 is 38.2. The average Bonchev–Trinajstić information content (AvgIpc) is 2.72. The number of sulfonamides is 1. The molecule has 172 valence electrons. The highest BCUT2D eigenvalue weighted by atomic mass is 35.5. The molecule has 0 radical (unpaired) electrons. The highest BCUT2D eigenvalue weighted by Crippen LogP contribution is 2.26. The van der Waals surface area contributed by atoms with E-state index < -0.39 is 28.0 Å². The summed E-state index contributed by atoms with van der Waals surface area (Å²) in [5.74, 6) is -1.43. The average molecular weight is 473 g/mol. The van der Waals surface area contributed by atoms with E-state index in [4.69, 9.17) is 21.1 Å². The smallest absolute Gasteiger partial charge is 0.311 e. The van der Waals surface area contributed by atoms with Gasteiger partial charge in [-0.3, -0.25) is 9.59 Å². The minimum absolute atomic E-state index is 0.0241. The van der Waals surface area contributed by atoms with Crippen LogP contribution in [0.1, 0.15) is 33.6 Å². The van der Waals surface area contributed by atoms with Gasteiger partial charge >= 0.3 is 5.97 Å². The van der Waals surface area contributed by atoms with Crippen LogP contribution < -0.4 is 0 Å². The molecule has 4 unspecified atom stereocenters. The van der Waals surface area contributed by atoms with Crippen LogP contribution in [0.25, 0.3) is 0 Å². The molecule has 0 N–H and O–H groups in total. The number of carbonyl (C=O) groups excluding carboxylic acids is 2. The molecule has 0 spiro atoms. The zero-order valence-corrected chi connectivity index (χ0v) is 19.6. The van der Waals surface area contributed by atoms with E-state index in [0.29, 0.717) is 37.5 Å². The van der Waals surface area contributed by atoms with Crippen molar-refractivity contribution in [2.45, 2.75) is 56.8 Å². The van der Waals surface area contributed by atoms with Gasteiger partial charge in [-0.15, -0.1) is 0 Å². The van der Waals surface area contributed by atoms with Crippen LogP contribution in [0.3, 0.4) is 0 Å². The summed E-state index contributed by atoms with van der Waals surface area (Å²) >= 11 is 5.85. The van der Waals surface area contributed by atoms with E-state index in [-0.39, 0.29) is 29.6 Å². The number of carbonyl (C=O) groups is 2. The number of benzene rings is 1. The van der Waals surface area contributed by atoms with Crippen LogP contribution in [0.5, 0.6) is 0 Å². The Morgan fingerprint density at radius 3 is 2.35 bits per heavy atom. The second-order valence-electron chi connectivity index (χ2n) is 8.24. The van der Waals surface area contributed by atoms with Gasteiger partial charge in [0.2, 0.25) is 10.0 Å². The number of morpholine rings is 1. The van der Waals surface area contributed by atoms with E-state index >= 15 is 0 Å². The Labute approximate surface area is 188 Å². The Bertz CT molecular complexity index is 897. The number of hydrogen-bond acceptors (Lipinski definition) is 6.